The van der Waals surface area contributed by atoms with Crippen LogP contribution in [0.5, 0.6) is 0 Å². The first kappa shape index (κ1) is 11.4. The van der Waals surface area contributed by atoms with E-state index in [0.29, 0.717) is 10.1 Å². The third kappa shape index (κ3) is 2.36. The molecule has 0 aliphatic carbocycles. The Morgan fingerprint density at radius 1 is 1.53 bits per heavy atom. The van der Waals surface area contributed by atoms with Crippen LogP contribution in [0.4, 0.5) is 0 Å². The molecule has 0 atom stereocenters. The van der Waals surface area contributed by atoms with Gasteiger partial charge in [-0.25, -0.2) is 19.7 Å². The lowest BCUT2D eigenvalue weighted by Gasteiger charge is -1.99. The number of carboxylic acid groups (broad SMARTS) is 1. The van der Waals surface area contributed by atoms with Crippen molar-refractivity contribution in [3.05, 3.63) is 34.5 Å². The number of nitrogens with one attached hydrogen (secondary N) is 1. The summed E-state index contributed by atoms with van der Waals surface area (Å²) in [5, 5.41) is 15.3. The first-order valence-corrected chi connectivity index (χ1v) is 5.38. The summed E-state index contributed by atoms with van der Waals surface area (Å²) in [5.74, 6) is -1.08. The molecule has 0 fully saturated rings. The summed E-state index contributed by atoms with van der Waals surface area (Å²) < 4.78 is 1.36. The molecule has 0 amide bonds. The molecule has 0 radical (unpaired) electrons. The van der Waals surface area contributed by atoms with E-state index in [9.17, 15) is 9.59 Å². The predicted molar refractivity (Wildman–Crippen MR) is 59.1 cm³/mol. The smallest absolute Gasteiger partial charge is 0.354 e. The predicted octanol–water partition coefficient (Wildman–Crippen LogP) is 0.353. The molecule has 0 saturated carbocycles. The number of H-pyrrole nitrogens is 1. The average molecular weight is 252 g/mol. The van der Waals surface area contributed by atoms with Crippen molar-refractivity contribution in [3.8, 4) is 0 Å². The van der Waals surface area contributed by atoms with Crippen LogP contribution in [0.3, 0.4) is 0 Å². The number of hydrogen-bond donors (Lipinski definition) is 2. The minimum Gasteiger partial charge on any atom is -0.477 e. The van der Waals surface area contributed by atoms with Gasteiger partial charge in [-0.3, -0.25) is 4.57 Å². The van der Waals surface area contributed by atoms with Crippen molar-refractivity contribution in [3.63, 3.8) is 0 Å². The largest absolute Gasteiger partial charge is 0.477 e. The van der Waals surface area contributed by atoms with Gasteiger partial charge in [-0.2, -0.15) is 0 Å². The van der Waals surface area contributed by atoms with Crippen LogP contribution in [0.15, 0.2) is 33.2 Å². The Morgan fingerprint density at radius 2 is 2.29 bits per heavy atom. The lowest BCUT2D eigenvalue weighted by Crippen LogP contribution is -2.12. The van der Waals surface area contributed by atoms with Crippen molar-refractivity contribution >= 4 is 17.7 Å². The molecule has 2 aromatic heterocycles. The highest BCUT2D eigenvalue weighted by Crippen LogP contribution is 2.23. The molecule has 2 rings (SSSR count). The van der Waals surface area contributed by atoms with Gasteiger partial charge in [-0.1, -0.05) is 0 Å². The number of aromatic carboxylic acids is 1. The molecule has 0 aromatic carbocycles. The van der Waals surface area contributed by atoms with Crippen molar-refractivity contribution in [2.24, 2.45) is 7.05 Å². The fourth-order valence-corrected chi connectivity index (χ4v) is 1.86. The molecule has 0 spiro atoms. The summed E-state index contributed by atoms with van der Waals surface area (Å²) in [6.07, 6.45) is 1.42. The van der Waals surface area contributed by atoms with E-state index in [1.165, 1.54) is 28.6 Å². The maximum Gasteiger partial charge on any atom is 0.354 e. The first-order valence-electron chi connectivity index (χ1n) is 4.56. The zero-order chi connectivity index (χ0) is 12.4. The molecular weight excluding hydrogens is 244 g/mol. The Balaban J connectivity index is 2.22. The Bertz CT molecular complexity index is 601. The summed E-state index contributed by atoms with van der Waals surface area (Å²) >= 11 is 1.22. The average Bonchev–Trinajstić information content (AvgIpc) is 2.62. The third-order valence-corrected chi connectivity index (χ3v) is 3.03. The summed E-state index contributed by atoms with van der Waals surface area (Å²) in [6.45, 7) is 0. The van der Waals surface area contributed by atoms with E-state index >= 15 is 0 Å². The van der Waals surface area contributed by atoms with Gasteiger partial charge in [0.2, 0.25) is 0 Å². The molecule has 8 heteroatoms. The van der Waals surface area contributed by atoms with Gasteiger partial charge in [0, 0.05) is 18.1 Å². The maximum absolute atomic E-state index is 11.1. The molecule has 17 heavy (non-hydrogen) atoms. The normalized spacial score (nSPS) is 10.4. The van der Waals surface area contributed by atoms with Gasteiger partial charge in [-0.05, 0) is 23.9 Å². The summed E-state index contributed by atoms with van der Waals surface area (Å²) in [5.41, 5.74) is -0.326. The van der Waals surface area contributed by atoms with Crippen LogP contribution < -0.4 is 5.69 Å². The molecule has 0 saturated heterocycles. The molecule has 2 heterocycles. The van der Waals surface area contributed by atoms with Crippen molar-refractivity contribution in [1.82, 2.24) is 19.7 Å². The highest BCUT2D eigenvalue weighted by molar-refractivity contribution is 7.99. The number of carboxylic acids is 1. The number of carbonyl (C=O) groups is 1. The SMILES string of the molecule is Cn1c(Sc2ccc(C(=O)O)nc2)n[nH]c1=O. The second-order valence-electron chi connectivity index (χ2n) is 3.16. The summed E-state index contributed by atoms with van der Waals surface area (Å²) in [4.78, 5) is 26.2. The molecule has 0 aliphatic heterocycles. The summed E-state index contributed by atoms with van der Waals surface area (Å²) in [7, 11) is 1.59. The Hall–Kier alpha value is -2.09. The van der Waals surface area contributed by atoms with Gasteiger partial charge in [-0.15, -0.1) is 5.10 Å². The van der Waals surface area contributed by atoms with Crippen LogP contribution in [0, 0.1) is 0 Å². The zero-order valence-corrected chi connectivity index (χ0v) is 9.56. The number of nitrogens with zero attached hydrogens (tertiary/aromatic N) is 3. The number of aromatic nitrogens is 4. The van der Waals surface area contributed by atoms with Crippen molar-refractivity contribution < 1.29 is 9.90 Å². The maximum atomic E-state index is 11.1. The second kappa shape index (κ2) is 4.42. The van der Waals surface area contributed by atoms with Crippen LogP contribution in [0.2, 0.25) is 0 Å². The minimum absolute atomic E-state index is 0.0229. The number of aromatic amines is 1. The van der Waals surface area contributed by atoms with E-state index in [-0.39, 0.29) is 11.4 Å². The molecule has 7 nitrogen and oxygen atoms in total. The number of pyridine rings is 1. The van der Waals surface area contributed by atoms with Gasteiger partial charge in [0.25, 0.3) is 0 Å². The molecular formula is C9H8N4O3S. The van der Waals surface area contributed by atoms with Crippen LogP contribution in [-0.2, 0) is 7.05 Å². The van der Waals surface area contributed by atoms with E-state index in [2.05, 4.69) is 15.2 Å². The van der Waals surface area contributed by atoms with E-state index in [1.54, 1.807) is 13.1 Å². The highest BCUT2D eigenvalue weighted by atomic mass is 32.2. The zero-order valence-electron chi connectivity index (χ0n) is 8.75. The molecule has 0 bridgehead atoms. The molecule has 0 aliphatic rings. The lowest BCUT2D eigenvalue weighted by molar-refractivity contribution is 0.0690. The van der Waals surface area contributed by atoms with Crippen LogP contribution in [-0.4, -0.2) is 30.8 Å². The monoisotopic (exact) mass is 252 g/mol. The summed E-state index contributed by atoms with van der Waals surface area (Å²) in [6, 6.07) is 3.01. The first-order chi connectivity index (χ1) is 8.08. The number of hydrogen-bond acceptors (Lipinski definition) is 5. The van der Waals surface area contributed by atoms with Crippen molar-refractivity contribution in [1.29, 1.82) is 0 Å². The van der Waals surface area contributed by atoms with Crippen LogP contribution >= 0.6 is 11.8 Å². The third-order valence-electron chi connectivity index (χ3n) is 2.00. The van der Waals surface area contributed by atoms with Crippen molar-refractivity contribution in [2.45, 2.75) is 10.1 Å². The molecule has 2 aromatic rings. The Labute approximate surface area is 99.5 Å². The van der Waals surface area contributed by atoms with E-state index in [1.807, 2.05) is 0 Å². The highest BCUT2D eigenvalue weighted by Gasteiger charge is 2.08. The molecule has 0 unspecified atom stereocenters. The van der Waals surface area contributed by atoms with Crippen molar-refractivity contribution in [2.75, 3.05) is 0 Å². The quantitative estimate of drug-likeness (QED) is 0.817. The molecule has 88 valence electrons. The van der Waals surface area contributed by atoms with Gasteiger partial charge in [0.05, 0.1) is 0 Å². The standard InChI is InChI=1S/C9H8N4O3S/c1-13-8(16)11-12-9(13)17-5-2-3-6(7(14)15)10-4-5/h2-4H,1H3,(H,11,16)(H,14,15). The Kier molecular flexibility index (Phi) is 2.96. The minimum atomic E-state index is -1.08. The van der Waals surface area contributed by atoms with Gasteiger partial charge in [0.15, 0.2) is 5.16 Å². The molecule has 2 N–H and O–H groups in total. The Morgan fingerprint density at radius 3 is 2.76 bits per heavy atom. The van der Waals surface area contributed by atoms with E-state index < -0.39 is 5.97 Å². The van der Waals surface area contributed by atoms with Gasteiger partial charge in [0.1, 0.15) is 5.69 Å². The van der Waals surface area contributed by atoms with E-state index in [0.717, 1.165) is 0 Å². The van der Waals surface area contributed by atoms with E-state index in [4.69, 9.17) is 5.11 Å². The topological polar surface area (TPSA) is 101 Å². The van der Waals surface area contributed by atoms with Gasteiger partial charge < -0.3 is 5.11 Å². The fraction of sp³-hybridized carbons (Fsp3) is 0.111. The van der Waals surface area contributed by atoms with Gasteiger partial charge >= 0.3 is 11.7 Å². The fourth-order valence-electron chi connectivity index (χ4n) is 1.10. The number of rotatable bonds is 3. The second-order valence-corrected chi connectivity index (χ2v) is 4.20. The lowest BCUT2D eigenvalue weighted by atomic mass is 10.4. The van der Waals surface area contributed by atoms with Crippen LogP contribution in [0.1, 0.15) is 10.5 Å². The van der Waals surface area contributed by atoms with Crippen LogP contribution in [0.25, 0.3) is 0 Å².